The van der Waals surface area contributed by atoms with E-state index in [0.29, 0.717) is 0 Å². The highest BCUT2D eigenvalue weighted by Crippen LogP contribution is 2.29. The summed E-state index contributed by atoms with van der Waals surface area (Å²) in [7, 11) is -9.70. The molecule has 3 aromatic carbocycles. The molecule has 0 aliphatic carbocycles. The molecule has 0 unspecified atom stereocenters. The van der Waals surface area contributed by atoms with Gasteiger partial charge in [-0.1, -0.05) is 0 Å². The molecule has 0 saturated carbocycles. The van der Waals surface area contributed by atoms with Crippen LogP contribution in [-0.4, -0.2) is 34.0 Å². The Hall–Kier alpha value is -3.03. The standard InChI is InChI=1S/C20H11F5INO8S2/c21-15-16(22)18(24)20(19(25)17(15)23)36(29,30)27-9-1-3-10(4-2-9)35-14(28)8-34-11-5-6-13(12(26)7-11)37(31,32)33/h1-7,27H,8H2,(H,31,32,33). The van der Waals surface area contributed by atoms with Gasteiger partial charge in [0.25, 0.3) is 20.1 Å². The summed E-state index contributed by atoms with van der Waals surface area (Å²) < 4.78 is 135. The molecule has 0 aliphatic rings. The van der Waals surface area contributed by atoms with Crippen LogP contribution in [0.1, 0.15) is 0 Å². The van der Waals surface area contributed by atoms with E-state index in [1.54, 1.807) is 27.3 Å². The molecule has 0 bridgehead atoms. The predicted molar refractivity (Wildman–Crippen MR) is 124 cm³/mol. The number of benzene rings is 3. The van der Waals surface area contributed by atoms with E-state index in [0.717, 1.165) is 30.3 Å². The SMILES string of the molecule is O=C(COc1ccc(S(=O)(=O)O)c(I)c1)Oc1ccc(NS(=O)(=O)c2c(F)c(F)c(F)c(F)c2F)cc1. The number of esters is 1. The third-order valence-electron chi connectivity index (χ3n) is 4.31. The highest BCUT2D eigenvalue weighted by atomic mass is 127. The first kappa shape index (κ1) is 28.5. The fraction of sp³-hybridized carbons (Fsp3) is 0.0500. The molecular weight excluding hydrogens is 668 g/mol. The molecule has 0 fully saturated rings. The van der Waals surface area contributed by atoms with E-state index in [4.69, 9.17) is 14.0 Å². The molecular formula is C20H11F5INO8S2. The molecule has 0 amide bonds. The molecule has 3 rings (SSSR count). The summed E-state index contributed by atoms with van der Waals surface area (Å²) in [5.41, 5.74) is -0.367. The zero-order valence-electron chi connectivity index (χ0n) is 17.6. The van der Waals surface area contributed by atoms with Crippen LogP contribution in [0.5, 0.6) is 11.5 Å². The number of carbonyl (C=O) groups is 1. The Bertz CT molecular complexity index is 1570. The zero-order chi connectivity index (χ0) is 27.7. The Kier molecular flexibility index (Phi) is 8.30. The van der Waals surface area contributed by atoms with Gasteiger partial charge >= 0.3 is 5.97 Å². The number of hydrogen-bond acceptors (Lipinski definition) is 7. The van der Waals surface area contributed by atoms with Crippen molar-refractivity contribution in [2.75, 3.05) is 11.3 Å². The van der Waals surface area contributed by atoms with Crippen molar-refractivity contribution in [3.63, 3.8) is 0 Å². The van der Waals surface area contributed by atoms with Crippen LogP contribution in [0.2, 0.25) is 0 Å². The molecule has 0 radical (unpaired) electrons. The second kappa shape index (κ2) is 10.8. The van der Waals surface area contributed by atoms with Crippen LogP contribution in [0.3, 0.4) is 0 Å². The van der Waals surface area contributed by atoms with Crippen molar-refractivity contribution in [1.29, 1.82) is 0 Å². The van der Waals surface area contributed by atoms with E-state index in [2.05, 4.69) is 0 Å². The zero-order valence-corrected chi connectivity index (χ0v) is 21.4. The van der Waals surface area contributed by atoms with Gasteiger partial charge in [-0.15, -0.1) is 0 Å². The van der Waals surface area contributed by atoms with Crippen molar-refractivity contribution in [2.24, 2.45) is 0 Å². The van der Waals surface area contributed by atoms with Gasteiger partial charge in [-0.2, -0.15) is 8.42 Å². The molecule has 0 aromatic heterocycles. The molecule has 0 heterocycles. The maximum Gasteiger partial charge on any atom is 0.349 e. The average Bonchev–Trinajstić information content (AvgIpc) is 2.80. The maximum atomic E-state index is 13.9. The molecule has 17 heteroatoms. The number of nitrogens with one attached hydrogen (secondary N) is 1. The number of sulfonamides is 1. The van der Waals surface area contributed by atoms with Gasteiger partial charge in [-0.3, -0.25) is 9.27 Å². The minimum atomic E-state index is -5.26. The lowest BCUT2D eigenvalue weighted by Gasteiger charge is -2.12. The smallest absolute Gasteiger partial charge is 0.349 e. The minimum Gasteiger partial charge on any atom is -0.482 e. The largest absolute Gasteiger partial charge is 0.482 e. The Morgan fingerprint density at radius 1 is 0.838 bits per heavy atom. The summed E-state index contributed by atoms with van der Waals surface area (Å²) >= 11 is 1.63. The molecule has 2 N–H and O–H groups in total. The molecule has 9 nitrogen and oxygen atoms in total. The van der Waals surface area contributed by atoms with Gasteiger partial charge in [0, 0.05) is 9.26 Å². The summed E-state index contributed by atoms with van der Waals surface area (Å²) in [5.74, 6) is -13.5. The Morgan fingerprint density at radius 2 is 1.35 bits per heavy atom. The molecule has 3 aromatic rings. The Morgan fingerprint density at radius 3 is 1.86 bits per heavy atom. The first-order valence-corrected chi connectivity index (χ1v) is 13.4. The summed E-state index contributed by atoms with van der Waals surface area (Å²) in [6.45, 7) is -0.643. The van der Waals surface area contributed by atoms with Gasteiger partial charge in [-0.05, 0) is 65.1 Å². The molecule has 0 aliphatic heterocycles. The maximum absolute atomic E-state index is 13.9. The first-order valence-electron chi connectivity index (χ1n) is 9.36. The predicted octanol–water partition coefficient (Wildman–Crippen LogP) is 4.02. The molecule has 0 atom stereocenters. The van der Waals surface area contributed by atoms with E-state index in [1.165, 1.54) is 12.1 Å². The van der Waals surface area contributed by atoms with E-state index in [1.807, 2.05) is 0 Å². The second-order valence-electron chi connectivity index (χ2n) is 6.86. The van der Waals surface area contributed by atoms with Crippen molar-refractivity contribution in [1.82, 2.24) is 0 Å². The third-order valence-corrected chi connectivity index (χ3v) is 7.89. The van der Waals surface area contributed by atoms with Crippen molar-refractivity contribution < 1.29 is 57.6 Å². The quantitative estimate of drug-likeness (QED) is 0.0694. The molecule has 37 heavy (non-hydrogen) atoms. The summed E-state index contributed by atoms with van der Waals surface area (Å²) in [4.78, 5) is 9.55. The monoisotopic (exact) mass is 679 g/mol. The van der Waals surface area contributed by atoms with E-state index < -0.39 is 66.7 Å². The highest BCUT2D eigenvalue weighted by molar-refractivity contribution is 14.1. The van der Waals surface area contributed by atoms with Crippen LogP contribution < -0.4 is 14.2 Å². The van der Waals surface area contributed by atoms with Gasteiger partial charge in [-0.25, -0.2) is 35.2 Å². The lowest BCUT2D eigenvalue weighted by atomic mass is 10.3. The number of halogens is 6. The van der Waals surface area contributed by atoms with Crippen LogP contribution in [0, 0.1) is 32.7 Å². The second-order valence-corrected chi connectivity index (χ2v) is 11.0. The van der Waals surface area contributed by atoms with E-state index in [-0.39, 0.29) is 25.7 Å². The molecule has 198 valence electrons. The normalized spacial score (nSPS) is 11.8. The number of carbonyl (C=O) groups excluding carboxylic acids is 1. The summed E-state index contributed by atoms with van der Waals surface area (Å²) in [5, 5.41) is 0. The van der Waals surface area contributed by atoms with Crippen LogP contribution in [0.4, 0.5) is 27.6 Å². The van der Waals surface area contributed by atoms with Crippen molar-refractivity contribution in [2.45, 2.75) is 9.79 Å². The van der Waals surface area contributed by atoms with Gasteiger partial charge in [0.15, 0.2) is 34.8 Å². The number of ether oxygens (including phenoxy) is 2. The number of anilines is 1. The molecule has 0 saturated heterocycles. The third kappa shape index (κ3) is 6.46. The lowest BCUT2D eigenvalue weighted by Crippen LogP contribution is -2.19. The lowest BCUT2D eigenvalue weighted by molar-refractivity contribution is -0.136. The summed E-state index contributed by atoms with van der Waals surface area (Å²) in [6.07, 6.45) is 0. The van der Waals surface area contributed by atoms with Crippen LogP contribution in [0.25, 0.3) is 0 Å². The van der Waals surface area contributed by atoms with E-state index >= 15 is 0 Å². The van der Waals surface area contributed by atoms with Gasteiger partial charge in [0.2, 0.25) is 5.82 Å². The molecule has 0 spiro atoms. The summed E-state index contributed by atoms with van der Waals surface area (Å²) in [6, 6.07) is 7.54. The Labute approximate surface area is 219 Å². The van der Waals surface area contributed by atoms with Gasteiger partial charge in [0.05, 0.1) is 0 Å². The Balaban J connectivity index is 1.66. The number of hydrogen-bond donors (Lipinski definition) is 2. The van der Waals surface area contributed by atoms with Crippen LogP contribution >= 0.6 is 22.6 Å². The van der Waals surface area contributed by atoms with Crippen molar-refractivity contribution >= 4 is 54.4 Å². The average molecular weight is 679 g/mol. The minimum absolute atomic E-state index is 0.0756. The van der Waals surface area contributed by atoms with Crippen LogP contribution in [0.15, 0.2) is 52.3 Å². The highest BCUT2D eigenvalue weighted by Gasteiger charge is 2.33. The van der Waals surface area contributed by atoms with E-state index in [9.17, 15) is 43.6 Å². The van der Waals surface area contributed by atoms with Crippen molar-refractivity contribution in [3.8, 4) is 11.5 Å². The fourth-order valence-corrected chi connectivity index (χ4v) is 5.77. The fourth-order valence-electron chi connectivity index (χ4n) is 2.70. The van der Waals surface area contributed by atoms with Crippen molar-refractivity contribution in [3.05, 3.63) is 75.1 Å². The van der Waals surface area contributed by atoms with Gasteiger partial charge in [0.1, 0.15) is 16.4 Å². The number of rotatable bonds is 8. The van der Waals surface area contributed by atoms with Crippen LogP contribution in [-0.2, 0) is 24.9 Å². The first-order chi connectivity index (χ1) is 17.1. The van der Waals surface area contributed by atoms with Gasteiger partial charge < -0.3 is 9.47 Å². The topological polar surface area (TPSA) is 136 Å².